The Labute approximate surface area is 162 Å². The highest BCUT2D eigenvalue weighted by Crippen LogP contribution is 2.33. The third kappa shape index (κ3) is 3.55. The molecule has 1 saturated heterocycles. The number of fused-ring (bicyclic) bond motifs is 1. The third-order valence-corrected chi connectivity index (χ3v) is 4.93. The largest absolute Gasteiger partial charge is 0.494 e. The number of aryl methyl sites for hydroxylation is 1. The fourth-order valence-electron chi connectivity index (χ4n) is 3.52. The molecule has 0 spiro atoms. The van der Waals surface area contributed by atoms with Crippen molar-refractivity contribution in [3.63, 3.8) is 0 Å². The van der Waals surface area contributed by atoms with Gasteiger partial charge in [0.1, 0.15) is 5.75 Å². The van der Waals surface area contributed by atoms with E-state index in [4.69, 9.17) is 4.74 Å². The highest BCUT2D eigenvalue weighted by atomic mass is 16.5. The van der Waals surface area contributed by atoms with E-state index in [-0.39, 0.29) is 11.8 Å². The molecular formula is C21H22N4O3. The molecule has 2 amide bonds. The number of ether oxygens (including phenoxy) is 1. The molecule has 1 aliphatic rings. The molecule has 0 bridgehead atoms. The lowest BCUT2D eigenvalue weighted by atomic mass is 10.2. The number of nitrogens with zero attached hydrogens (tertiary/aromatic N) is 3. The van der Waals surface area contributed by atoms with Crippen molar-refractivity contribution in [2.75, 3.05) is 23.9 Å². The molecular weight excluding hydrogens is 356 g/mol. The zero-order valence-corrected chi connectivity index (χ0v) is 15.7. The van der Waals surface area contributed by atoms with Crippen LogP contribution < -0.4 is 15.0 Å². The average molecular weight is 378 g/mol. The van der Waals surface area contributed by atoms with Crippen molar-refractivity contribution in [2.24, 2.45) is 0 Å². The van der Waals surface area contributed by atoms with E-state index in [9.17, 15) is 9.59 Å². The fourth-order valence-corrected chi connectivity index (χ4v) is 3.52. The summed E-state index contributed by atoms with van der Waals surface area (Å²) in [5.41, 5.74) is 3.32. The van der Waals surface area contributed by atoms with Crippen LogP contribution in [0.2, 0.25) is 0 Å². The minimum Gasteiger partial charge on any atom is -0.494 e. The highest BCUT2D eigenvalue weighted by Gasteiger charge is 2.24. The molecule has 0 saturated carbocycles. The Balaban J connectivity index is 1.42. The van der Waals surface area contributed by atoms with Gasteiger partial charge in [0.05, 0.1) is 30.2 Å². The van der Waals surface area contributed by atoms with Gasteiger partial charge in [0, 0.05) is 37.7 Å². The molecule has 1 aromatic heterocycles. The van der Waals surface area contributed by atoms with E-state index in [0.29, 0.717) is 37.4 Å². The van der Waals surface area contributed by atoms with E-state index >= 15 is 0 Å². The minimum atomic E-state index is -0.0927. The number of carbonyl (C=O) groups excluding carboxylic acids is 2. The van der Waals surface area contributed by atoms with Crippen LogP contribution in [0.5, 0.6) is 5.75 Å². The van der Waals surface area contributed by atoms with Crippen molar-refractivity contribution < 1.29 is 14.3 Å². The van der Waals surface area contributed by atoms with Crippen LogP contribution in [0, 0.1) is 0 Å². The molecule has 3 aromatic rings. The summed E-state index contributed by atoms with van der Waals surface area (Å²) in [5, 5.41) is 2.90. The Morgan fingerprint density at radius 1 is 1.25 bits per heavy atom. The predicted octanol–water partition coefficient (Wildman–Crippen LogP) is 3.20. The molecule has 1 fully saturated rings. The maximum Gasteiger partial charge on any atom is 0.227 e. The first-order valence-electron chi connectivity index (χ1n) is 9.34. The van der Waals surface area contributed by atoms with Crippen LogP contribution in [0.1, 0.15) is 19.3 Å². The van der Waals surface area contributed by atoms with E-state index in [1.807, 2.05) is 34.9 Å². The minimum absolute atomic E-state index is 0.0927. The van der Waals surface area contributed by atoms with Crippen LogP contribution in [-0.4, -0.2) is 35.0 Å². The molecule has 0 atom stereocenters. The number of aromatic nitrogens is 2. The maximum atomic E-state index is 12.4. The van der Waals surface area contributed by atoms with Crippen molar-refractivity contribution in [1.82, 2.24) is 9.55 Å². The van der Waals surface area contributed by atoms with Crippen LogP contribution in [0.15, 0.2) is 48.8 Å². The number of amides is 2. The zero-order chi connectivity index (χ0) is 19.5. The van der Waals surface area contributed by atoms with Gasteiger partial charge in [0.25, 0.3) is 0 Å². The van der Waals surface area contributed by atoms with Crippen molar-refractivity contribution >= 4 is 34.2 Å². The second-order valence-corrected chi connectivity index (χ2v) is 6.76. The number of nitrogens with one attached hydrogen (secondary N) is 1. The zero-order valence-electron chi connectivity index (χ0n) is 15.7. The fraction of sp³-hybridized carbons (Fsp3) is 0.286. The molecule has 1 aliphatic heterocycles. The summed E-state index contributed by atoms with van der Waals surface area (Å²) in [4.78, 5) is 30.4. The van der Waals surface area contributed by atoms with E-state index in [0.717, 1.165) is 23.1 Å². The number of para-hydroxylation sites is 2. The number of benzene rings is 2. The Hall–Kier alpha value is -3.35. The maximum absolute atomic E-state index is 12.4. The molecule has 0 radical (unpaired) electrons. The van der Waals surface area contributed by atoms with Gasteiger partial charge in [0.15, 0.2) is 0 Å². The van der Waals surface area contributed by atoms with Crippen LogP contribution >= 0.6 is 0 Å². The molecule has 7 nitrogen and oxygen atoms in total. The van der Waals surface area contributed by atoms with Crippen molar-refractivity contribution in [3.05, 3.63) is 48.8 Å². The third-order valence-electron chi connectivity index (χ3n) is 4.93. The SMILES string of the molecule is COc1cc(NC(=O)CCn2cnc3ccccc32)ccc1N1CCCC1=O. The second-order valence-electron chi connectivity index (χ2n) is 6.76. The lowest BCUT2D eigenvalue weighted by Crippen LogP contribution is -2.24. The van der Waals surface area contributed by atoms with Crippen LogP contribution in [-0.2, 0) is 16.1 Å². The van der Waals surface area contributed by atoms with Crippen molar-refractivity contribution in [1.29, 1.82) is 0 Å². The Bertz CT molecular complexity index is 1030. The second kappa shape index (κ2) is 7.72. The molecule has 2 aromatic carbocycles. The predicted molar refractivity (Wildman–Crippen MR) is 108 cm³/mol. The first kappa shape index (κ1) is 18.0. The number of hydrogen-bond acceptors (Lipinski definition) is 4. The van der Waals surface area contributed by atoms with E-state index in [1.54, 1.807) is 30.5 Å². The number of methoxy groups -OCH3 is 1. The van der Waals surface area contributed by atoms with Gasteiger partial charge in [-0.3, -0.25) is 9.59 Å². The molecule has 1 N–H and O–H groups in total. The first-order chi connectivity index (χ1) is 13.7. The average Bonchev–Trinajstić information content (AvgIpc) is 3.32. The summed E-state index contributed by atoms with van der Waals surface area (Å²) in [6.45, 7) is 1.24. The molecule has 144 valence electrons. The van der Waals surface area contributed by atoms with Crippen molar-refractivity contribution in [3.8, 4) is 5.75 Å². The summed E-state index contributed by atoms with van der Waals surface area (Å²) in [6, 6.07) is 13.2. The summed E-state index contributed by atoms with van der Waals surface area (Å²) in [7, 11) is 1.56. The summed E-state index contributed by atoms with van der Waals surface area (Å²) < 4.78 is 7.41. The number of carbonyl (C=O) groups is 2. The standard InChI is InChI=1S/C21H22N4O3/c1-28-19-13-15(8-9-18(19)25-11-4-7-21(25)27)23-20(26)10-12-24-14-22-16-5-2-3-6-17(16)24/h2-3,5-6,8-9,13-14H,4,7,10-12H2,1H3,(H,23,26). The molecule has 4 rings (SSSR count). The van der Waals surface area contributed by atoms with Gasteiger partial charge in [-0.1, -0.05) is 12.1 Å². The summed E-state index contributed by atoms with van der Waals surface area (Å²) in [5.74, 6) is 0.584. The Kier molecular flexibility index (Phi) is 4.97. The number of hydrogen-bond donors (Lipinski definition) is 1. The smallest absolute Gasteiger partial charge is 0.227 e. The molecule has 7 heteroatoms. The number of imidazole rings is 1. The lowest BCUT2D eigenvalue weighted by Gasteiger charge is -2.19. The van der Waals surface area contributed by atoms with Gasteiger partial charge in [-0.25, -0.2) is 4.98 Å². The van der Waals surface area contributed by atoms with E-state index < -0.39 is 0 Å². The van der Waals surface area contributed by atoms with Gasteiger partial charge in [-0.15, -0.1) is 0 Å². The van der Waals surface area contributed by atoms with Crippen LogP contribution in [0.3, 0.4) is 0 Å². The highest BCUT2D eigenvalue weighted by molar-refractivity contribution is 5.98. The molecule has 0 unspecified atom stereocenters. The summed E-state index contributed by atoms with van der Waals surface area (Å²) in [6.07, 6.45) is 3.49. The normalized spacial score (nSPS) is 13.9. The van der Waals surface area contributed by atoms with Crippen LogP contribution in [0.4, 0.5) is 11.4 Å². The van der Waals surface area contributed by atoms with Crippen molar-refractivity contribution in [2.45, 2.75) is 25.8 Å². The van der Waals surface area contributed by atoms with Gasteiger partial charge in [-0.2, -0.15) is 0 Å². The van der Waals surface area contributed by atoms with Crippen LogP contribution in [0.25, 0.3) is 11.0 Å². The van der Waals surface area contributed by atoms with E-state index in [2.05, 4.69) is 10.3 Å². The topological polar surface area (TPSA) is 76.5 Å². The molecule has 28 heavy (non-hydrogen) atoms. The molecule has 0 aliphatic carbocycles. The summed E-state index contributed by atoms with van der Waals surface area (Å²) >= 11 is 0. The number of anilines is 2. The Morgan fingerprint density at radius 2 is 2.11 bits per heavy atom. The van der Waals surface area contributed by atoms with E-state index in [1.165, 1.54) is 0 Å². The quantitative estimate of drug-likeness (QED) is 0.715. The first-order valence-corrected chi connectivity index (χ1v) is 9.34. The Morgan fingerprint density at radius 3 is 2.89 bits per heavy atom. The van der Waals surface area contributed by atoms with Gasteiger partial charge in [0.2, 0.25) is 11.8 Å². The van der Waals surface area contributed by atoms with Gasteiger partial charge >= 0.3 is 0 Å². The molecule has 2 heterocycles. The monoisotopic (exact) mass is 378 g/mol. The number of rotatable bonds is 6. The lowest BCUT2D eigenvalue weighted by molar-refractivity contribution is -0.117. The van der Waals surface area contributed by atoms with Gasteiger partial charge < -0.3 is 19.5 Å². The van der Waals surface area contributed by atoms with Gasteiger partial charge in [-0.05, 0) is 30.7 Å².